The monoisotopic (exact) mass is 332 g/mol. The average Bonchev–Trinajstić information content (AvgIpc) is 2.40. The quantitative estimate of drug-likeness (QED) is 0.830. The number of rotatable bonds is 1. The van der Waals surface area contributed by atoms with Crippen LogP contribution in [0.3, 0.4) is 0 Å². The van der Waals surface area contributed by atoms with Gasteiger partial charge in [0.25, 0.3) is 0 Å². The first-order chi connectivity index (χ1) is 9.54. The van der Waals surface area contributed by atoms with Gasteiger partial charge in [0.2, 0.25) is 5.91 Å². The fourth-order valence-corrected chi connectivity index (χ4v) is 3.08. The molecule has 3 amide bonds. The Morgan fingerprint density at radius 1 is 1.15 bits per heavy atom. The number of aryl methyl sites for hydroxylation is 1. The van der Waals surface area contributed by atoms with Gasteiger partial charge in [0, 0.05) is 4.48 Å². The van der Waals surface area contributed by atoms with E-state index in [1.807, 2.05) is 43.3 Å². The molecule has 1 fully saturated rings. The lowest BCUT2D eigenvalue weighted by molar-refractivity contribution is -0.123. The zero-order valence-corrected chi connectivity index (χ0v) is 12.4. The van der Waals surface area contributed by atoms with Crippen molar-refractivity contribution in [1.82, 2.24) is 10.6 Å². The molecule has 1 heterocycles. The number of carbonyl (C=O) groups is 2. The highest BCUT2D eigenvalue weighted by Gasteiger charge is 2.37. The number of urea groups is 1. The molecule has 5 heteroatoms. The van der Waals surface area contributed by atoms with Crippen molar-refractivity contribution in [3.8, 4) is 0 Å². The highest BCUT2D eigenvalue weighted by Crippen LogP contribution is 2.33. The van der Waals surface area contributed by atoms with Gasteiger partial charge in [-0.1, -0.05) is 51.8 Å². The second-order valence-electron chi connectivity index (χ2n) is 4.98. The van der Waals surface area contributed by atoms with E-state index in [0.717, 1.165) is 15.6 Å². The zero-order chi connectivity index (χ0) is 14.3. The molecule has 1 aromatic rings. The van der Waals surface area contributed by atoms with Gasteiger partial charge in [-0.3, -0.25) is 10.1 Å². The summed E-state index contributed by atoms with van der Waals surface area (Å²) in [6.45, 7) is 2.03. The molecule has 2 unspecified atom stereocenters. The number of fused-ring (bicyclic) bond motifs is 1. The maximum absolute atomic E-state index is 12.0. The van der Waals surface area contributed by atoms with Crippen LogP contribution in [-0.2, 0) is 4.79 Å². The third-order valence-corrected chi connectivity index (χ3v) is 4.24. The number of hydrogen-bond acceptors (Lipinski definition) is 2. The first kappa shape index (κ1) is 13.1. The summed E-state index contributed by atoms with van der Waals surface area (Å²) in [6.07, 6.45) is 3.85. The Labute approximate surface area is 125 Å². The maximum atomic E-state index is 12.0. The molecular formula is C15H13BrN2O2. The topological polar surface area (TPSA) is 58.2 Å². The van der Waals surface area contributed by atoms with Crippen molar-refractivity contribution in [2.45, 2.75) is 13.0 Å². The Morgan fingerprint density at radius 2 is 1.85 bits per heavy atom. The number of nitrogens with one attached hydrogen (secondary N) is 2. The number of halogens is 1. The number of imide groups is 1. The highest BCUT2D eigenvalue weighted by atomic mass is 79.9. The lowest BCUT2D eigenvalue weighted by atomic mass is 9.87. The summed E-state index contributed by atoms with van der Waals surface area (Å²) in [4.78, 5) is 23.3. The number of amides is 3. The number of allylic oxidation sites excluding steroid dienone is 2. The minimum Gasteiger partial charge on any atom is -0.329 e. The number of hydrogen-bond donors (Lipinski definition) is 2. The molecule has 0 bridgehead atoms. The number of carbonyl (C=O) groups excluding carboxylic acids is 2. The molecule has 1 aliphatic carbocycles. The van der Waals surface area contributed by atoms with Crippen LogP contribution in [0.4, 0.5) is 4.79 Å². The third kappa shape index (κ3) is 2.29. The van der Waals surface area contributed by atoms with Gasteiger partial charge in [-0.15, -0.1) is 0 Å². The number of benzene rings is 1. The Hall–Kier alpha value is -1.88. The summed E-state index contributed by atoms with van der Waals surface area (Å²) < 4.78 is 0.809. The Morgan fingerprint density at radius 3 is 2.55 bits per heavy atom. The van der Waals surface area contributed by atoms with Crippen molar-refractivity contribution >= 4 is 33.4 Å². The van der Waals surface area contributed by atoms with Crippen LogP contribution >= 0.6 is 15.9 Å². The molecule has 1 saturated heterocycles. The normalized spacial score (nSPS) is 25.1. The molecule has 1 aliphatic heterocycles. The van der Waals surface area contributed by atoms with E-state index in [1.54, 1.807) is 0 Å². The predicted molar refractivity (Wildman–Crippen MR) is 80.1 cm³/mol. The molecule has 0 radical (unpaired) electrons. The van der Waals surface area contributed by atoms with Gasteiger partial charge in [-0.05, 0) is 24.1 Å². The maximum Gasteiger partial charge on any atom is 0.321 e. The molecule has 0 saturated carbocycles. The van der Waals surface area contributed by atoms with Crippen molar-refractivity contribution in [3.05, 3.63) is 52.0 Å². The van der Waals surface area contributed by atoms with E-state index < -0.39 is 6.03 Å². The smallest absolute Gasteiger partial charge is 0.321 e. The summed E-state index contributed by atoms with van der Waals surface area (Å²) in [6, 6.07) is 7.36. The standard InChI is InChI=1S/C15H13BrN2O2/c1-8-2-4-9(5-3-8)10-6-11-13(12(16)7-10)17-15(20)18-14(11)19/h2-7,11,13H,1H3,(H2,17,18,19,20). The van der Waals surface area contributed by atoms with Gasteiger partial charge in [-0.25, -0.2) is 4.79 Å². The van der Waals surface area contributed by atoms with Crippen LogP contribution in [-0.4, -0.2) is 18.0 Å². The minimum atomic E-state index is -0.450. The molecule has 20 heavy (non-hydrogen) atoms. The molecule has 2 N–H and O–H groups in total. The molecule has 0 aromatic heterocycles. The summed E-state index contributed by atoms with van der Waals surface area (Å²) in [5.74, 6) is -0.656. The largest absolute Gasteiger partial charge is 0.329 e. The Bertz CT molecular complexity index is 646. The second-order valence-corrected chi connectivity index (χ2v) is 5.90. The van der Waals surface area contributed by atoms with Gasteiger partial charge < -0.3 is 5.32 Å². The fraction of sp³-hybridized carbons (Fsp3) is 0.200. The first-order valence-corrected chi connectivity index (χ1v) is 7.11. The highest BCUT2D eigenvalue weighted by molar-refractivity contribution is 9.11. The van der Waals surface area contributed by atoms with Crippen molar-refractivity contribution in [2.75, 3.05) is 0 Å². The molecule has 0 spiro atoms. The van der Waals surface area contributed by atoms with Crippen LogP contribution in [0.25, 0.3) is 5.57 Å². The first-order valence-electron chi connectivity index (χ1n) is 6.32. The Kier molecular flexibility index (Phi) is 3.22. The van der Waals surface area contributed by atoms with E-state index in [1.165, 1.54) is 5.56 Å². The van der Waals surface area contributed by atoms with Gasteiger partial charge in [-0.2, -0.15) is 0 Å². The van der Waals surface area contributed by atoms with Crippen LogP contribution in [0.2, 0.25) is 0 Å². The van der Waals surface area contributed by atoms with E-state index in [0.29, 0.717) is 0 Å². The average molecular weight is 333 g/mol. The van der Waals surface area contributed by atoms with Crippen LogP contribution in [0, 0.1) is 12.8 Å². The van der Waals surface area contributed by atoms with E-state index in [9.17, 15) is 9.59 Å². The van der Waals surface area contributed by atoms with E-state index in [-0.39, 0.29) is 17.9 Å². The molecule has 102 valence electrons. The van der Waals surface area contributed by atoms with Crippen LogP contribution < -0.4 is 10.6 Å². The summed E-state index contributed by atoms with van der Waals surface area (Å²) in [5.41, 5.74) is 3.22. The van der Waals surface area contributed by atoms with E-state index in [2.05, 4.69) is 26.6 Å². The van der Waals surface area contributed by atoms with Crippen molar-refractivity contribution in [2.24, 2.45) is 5.92 Å². The lowest BCUT2D eigenvalue weighted by Crippen LogP contribution is -2.58. The summed E-state index contributed by atoms with van der Waals surface area (Å²) in [5, 5.41) is 5.05. The second kappa shape index (κ2) is 4.90. The molecular weight excluding hydrogens is 320 g/mol. The molecule has 3 rings (SSSR count). The molecule has 1 aromatic carbocycles. The van der Waals surface area contributed by atoms with Gasteiger partial charge >= 0.3 is 6.03 Å². The SMILES string of the molecule is Cc1ccc(C2=CC3C(=O)NC(=O)NC3C(Br)=C2)cc1. The van der Waals surface area contributed by atoms with Gasteiger partial charge in [0.05, 0.1) is 12.0 Å². The molecule has 2 atom stereocenters. The molecule has 2 aliphatic rings. The lowest BCUT2D eigenvalue weighted by Gasteiger charge is -2.32. The van der Waals surface area contributed by atoms with Crippen molar-refractivity contribution in [1.29, 1.82) is 0 Å². The summed E-state index contributed by atoms with van der Waals surface area (Å²) in [7, 11) is 0. The van der Waals surface area contributed by atoms with Crippen LogP contribution in [0.5, 0.6) is 0 Å². The zero-order valence-electron chi connectivity index (χ0n) is 10.8. The van der Waals surface area contributed by atoms with Crippen LogP contribution in [0.1, 0.15) is 11.1 Å². The third-order valence-electron chi connectivity index (χ3n) is 3.52. The Balaban J connectivity index is 1.98. The van der Waals surface area contributed by atoms with Crippen molar-refractivity contribution < 1.29 is 9.59 Å². The van der Waals surface area contributed by atoms with Crippen LogP contribution in [0.15, 0.2) is 40.9 Å². The minimum absolute atomic E-state index is 0.270. The predicted octanol–water partition coefficient (Wildman–Crippen LogP) is 2.50. The molecule has 4 nitrogen and oxygen atoms in total. The van der Waals surface area contributed by atoms with Gasteiger partial charge in [0.15, 0.2) is 0 Å². The van der Waals surface area contributed by atoms with E-state index >= 15 is 0 Å². The summed E-state index contributed by atoms with van der Waals surface area (Å²) >= 11 is 3.46. The van der Waals surface area contributed by atoms with E-state index in [4.69, 9.17) is 0 Å². The fourth-order valence-electron chi connectivity index (χ4n) is 2.43. The van der Waals surface area contributed by atoms with Crippen molar-refractivity contribution in [3.63, 3.8) is 0 Å². The van der Waals surface area contributed by atoms with Gasteiger partial charge in [0.1, 0.15) is 0 Å².